The van der Waals surface area contributed by atoms with Crippen molar-refractivity contribution in [3.63, 3.8) is 0 Å². The van der Waals surface area contributed by atoms with Gasteiger partial charge in [-0.15, -0.1) is 0 Å². The van der Waals surface area contributed by atoms with Crippen LogP contribution >= 0.6 is 11.6 Å². The van der Waals surface area contributed by atoms with Gasteiger partial charge in [0.1, 0.15) is 11.6 Å². The molecular formula is C11H12ClFN4. The van der Waals surface area contributed by atoms with Gasteiger partial charge in [-0.3, -0.25) is 5.84 Å². The van der Waals surface area contributed by atoms with Crippen LogP contribution in [0.5, 0.6) is 0 Å². The summed E-state index contributed by atoms with van der Waals surface area (Å²) in [4.78, 5) is 7.02. The predicted molar refractivity (Wildman–Crippen MR) is 63.8 cm³/mol. The maximum Gasteiger partial charge on any atom is 0.145 e. The number of aromatic nitrogens is 2. The molecule has 4 nitrogen and oxygen atoms in total. The molecule has 0 amide bonds. The highest BCUT2D eigenvalue weighted by molar-refractivity contribution is 6.30. The fourth-order valence-electron chi connectivity index (χ4n) is 1.63. The van der Waals surface area contributed by atoms with Gasteiger partial charge >= 0.3 is 0 Å². The zero-order valence-electron chi connectivity index (χ0n) is 8.95. The number of nitrogens with one attached hydrogen (secondary N) is 2. The molecule has 0 aliphatic carbocycles. The number of hydrogen-bond donors (Lipinski definition) is 3. The Kier molecular flexibility index (Phi) is 3.73. The van der Waals surface area contributed by atoms with E-state index in [-0.39, 0.29) is 11.1 Å². The summed E-state index contributed by atoms with van der Waals surface area (Å²) in [6.45, 7) is 0. The molecule has 1 heterocycles. The van der Waals surface area contributed by atoms with Gasteiger partial charge < -0.3 is 4.98 Å². The number of hydrogen-bond acceptors (Lipinski definition) is 3. The molecule has 0 saturated heterocycles. The fourth-order valence-corrected chi connectivity index (χ4v) is 1.82. The largest absolute Gasteiger partial charge is 0.347 e. The van der Waals surface area contributed by atoms with Crippen molar-refractivity contribution in [1.82, 2.24) is 15.4 Å². The first-order valence-corrected chi connectivity index (χ1v) is 5.48. The molecular weight excluding hydrogens is 243 g/mol. The third kappa shape index (κ3) is 2.63. The van der Waals surface area contributed by atoms with Crippen LogP contribution in [0.4, 0.5) is 4.39 Å². The third-order valence-electron chi connectivity index (χ3n) is 2.51. The van der Waals surface area contributed by atoms with Crippen LogP contribution in [0.25, 0.3) is 0 Å². The van der Waals surface area contributed by atoms with Crippen LogP contribution in [0.2, 0.25) is 5.02 Å². The Morgan fingerprint density at radius 2 is 2.35 bits per heavy atom. The van der Waals surface area contributed by atoms with E-state index in [0.29, 0.717) is 17.8 Å². The van der Waals surface area contributed by atoms with E-state index in [1.54, 1.807) is 24.5 Å². The maximum atomic E-state index is 13.7. The monoisotopic (exact) mass is 254 g/mol. The molecule has 90 valence electrons. The van der Waals surface area contributed by atoms with Crippen molar-refractivity contribution in [2.75, 3.05) is 0 Å². The number of hydrazine groups is 1. The lowest BCUT2D eigenvalue weighted by Gasteiger charge is -2.14. The van der Waals surface area contributed by atoms with Crippen molar-refractivity contribution in [3.8, 4) is 0 Å². The fraction of sp³-hybridized carbons (Fsp3) is 0.182. The highest BCUT2D eigenvalue weighted by Crippen LogP contribution is 2.22. The predicted octanol–water partition coefficient (Wildman–Crippen LogP) is 1.95. The van der Waals surface area contributed by atoms with Crippen LogP contribution in [0.1, 0.15) is 17.4 Å². The molecule has 0 spiro atoms. The normalized spacial score (nSPS) is 12.6. The second-order valence-electron chi connectivity index (χ2n) is 3.61. The van der Waals surface area contributed by atoms with E-state index < -0.39 is 5.82 Å². The van der Waals surface area contributed by atoms with E-state index in [1.165, 1.54) is 6.07 Å². The molecule has 1 aromatic heterocycles. The molecule has 17 heavy (non-hydrogen) atoms. The zero-order chi connectivity index (χ0) is 12.3. The number of rotatable bonds is 4. The summed E-state index contributed by atoms with van der Waals surface area (Å²) in [5, 5.41) is 0.109. The maximum absolute atomic E-state index is 13.7. The van der Waals surface area contributed by atoms with Gasteiger partial charge in [-0.1, -0.05) is 23.7 Å². The van der Waals surface area contributed by atoms with Gasteiger partial charge in [0.25, 0.3) is 0 Å². The topological polar surface area (TPSA) is 66.7 Å². The summed E-state index contributed by atoms with van der Waals surface area (Å²) in [6, 6.07) is 4.61. The number of nitrogens with two attached hydrogens (primary N) is 1. The van der Waals surface area contributed by atoms with Crippen LogP contribution in [0.3, 0.4) is 0 Å². The second kappa shape index (κ2) is 5.27. The first-order chi connectivity index (χ1) is 8.22. The van der Waals surface area contributed by atoms with Crippen LogP contribution in [0, 0.1) is 5.82 Å². The van der Waals surface area contributed by atoms with E-state index in [2.05, 4.69) is 15.4 Å². The summed E-state index contributed by atoms with van der Waals surface area (Å²) in [6.07, 6.45) is 3.68. The molecule has 0 aliphatic rings. The summed E-state index contributed by atoms with van der Waals surface area (Å²) in [7, 11) is 0. The molecule has 0 bridgehead atoms. The van der Waals surface area contributed by atoms with E-state index in [0.717, 1.165) is 0 Å². The summed E-state index contributed by atoms with van der Waals surface area (Å²) >= 11 is 5.72. The molecule has 2 aromatic rings. The van der Waals surface area contributed by atoms with Gasteiger partial charge in [-0.2, -0.15) is 0 Å². The average molecular weight is 255 g/mol. The van der Waals surface area contributed by atoms with Crippen LogP contribution in [0.15, 0.2) is 30.6 Å². The van der Waals surface area contributed by atoms with Gasteiger partial charge in [0.05, 0.1) is 11.1 Å². The van der Waals surface area contributed by atoms with E-state index in [1.807, 2.05) is 0 Å². The second-order valence-corrected chi connectivity index (χ2v) is 4.02. The Bertz CT molecular complexity index is 486. The average Bonchev–Trinajstić information content (AvgIpc) is 2.85. The number of imidazole rings is 1. The van der Waals surface area contributed by atoms with Crippen LogP contribution in [-0.2, 0) is 6.42 Å². The van der Waals surface area contributed by atoms with Gasteiger partial charge in [0.2, 0.25) is 0 Å². The molecule has 0 aliphatic heterocycles. The Hall–Kier alpha value is -1.43. The summed E-state index contributed by atoms with van der Waals surface area (Å²) < 4.78 is 13.7. The lowest BCUT2D eigenvalue weighted by atomic mass is 10.1. The van der Waals surface area contributed by atoms with Crippen molar-refractivity contribution in [3.05, 3.63) is 52.8 Å². The number of benzene rings is 1. The lowest BCUT2D eigenvalue weighted by Crippen LogP contribution is -2.30. The smallest absolute Gasteiger partial charge is 0.145 e. The number of H-pyrrole nitrogens is 1. The number of halogens is 2. The zero-order valence-corrected chi connectivity index (χ0v) is 9.71. The molecule has 6 heteroatoms. The molecule has 1 aromatic carbocycles. The molecule has 0 saturated carbocycles. The molecule has 1 unspecified atom stereocenters. The lowest BCUT2D eigenvalue weighted by molar-refractivity contribution is 0.510. The number of nitrogens with zero attached hydrogens (tertiary/aromatic N) is 1. The first kappa shape index (κ1) is 12.0. The minimum atomic E-state index is -0.416. The molecule has 0 fully saturated rings. The van der Waals surface area contributed by atoms with Gasteiger partial charge in [-0.05, 0) is 18.1 Å². The molecule has 4 N–H and O–H groups in total. The van der Waals surface area contributed by atoms with Crippen molar-refractivity contribution in [2.45, 2.75) is 12.5 Å². The standard InChI is InChI=1S/C11H12ClFN4/c12-8-3-1-2-7(10(8)13)6-9(17-14)11-15-4-5-16-11/h1-5,9,17H,6,14H2,(H,15,16). The first-order valence-electron chi connectivity index (χ1n) is 5.10. The molecule has 0 radical (unpaired) electrons. The Morgan fingerprint density at radius 1 is 1.53 bits per heavy atom. The Balaban J connectivity index is 2.22. The SMILES string of the molecule is NNC(Cc1cccc(Cl)c1F)c1ncc[nH]1. The summed E-state index contributed by atoms with van der Waals surface area (Å²) in [5.74, 6) is 5.68. The third-order valence-corrected chi connectivity index (χ3v) is 2.80. The minimum absolute atomic E-state index is 0.109. The van der Waals surface area contributed by atoms with Crippen molar-refractivity contribution < 1.29 is 4.39 Å². The highest BCUT2D eigenvalue weighted by Gasteiger charge is 2.16. The van der Waals surface area contributed by atoms with Gasteiger partial charge in [0.15, 0.2) is 0 Å². The minimum Gasteiger partial charge on any atom is -0.347 e. The summed E-state index contributed by atoms with van der Waals surface area (Å²) in [5.41, 5.74) is 3.09. The van der Waals surface area contributed by atoms with E-state index in [4.69, 9.17) is 17.4 Å². The van der Waals surface area contributed by atoms with E-state index in [9.17, 15) is 4.39 Å². The van der Waals surface area contributed by atoms with Crippen molar-refractivity contribution in [2.24, 2.45) is 5.84 Å². The Labute approximate surface area is 103 Å². The van der Waals surface area contributed by atoms with Crippen LogP contribution < -0.4 is 11.3 Å². The number of aromatic amines is 1. The van der Waals surface area contributed by atoms with Gasteiger partial charge in [0, 0.05) is 12.4 Å². The van der Waals surface area contributed by atoms with Crippen molar-refractivity contribution >= 4 is 11.6 Å². The Morgan fingerprint density at radius 3 is 3.00 bits per heavy atom. The highest BCUT2D eigenvalue weighted by atomic mass is 35.5. The molecule has 1 atom stereocenters. The van der Waals surface area contributed by atoms with E-state index >= 15 is 0 Å². The van der Waals surface area contributed by atoms with Crippen molar-refractivity contribution in [1.29, 1.82) is 0 Å². The molecule has 2 rings (SSSR count). The van der Waals surface area contributed by atoms with Crippen LogP contribution in [-0.4, -0.2) is 9.97 Å². The van der Waals surface area contributed by atoms with Gasteiger partial charge in [-0.25, -0.2) is 14.8 Å². The quantitative estimate of drug-likeness (QED) is 0.577.